The molecule has 3 N–H and O–H groups in total. The molecule has 2 rings (SSSR count). The van der Waals surface area contributed by atoms with Crippen LogP contribution in [0.2, 0.25) is 0 Å². The van der Waals surface area contributed by atoms with Gasteiger partial charge in [-0.2, -0.15) is 5.10 Å². The number of benzene rings is 1. The number of aromatic nitrogens is 2. The lowest BCUT2D eigenvalue weighted by Gasteiger charge is -2.13. The van der Waals surface area contributed by atoms with Crippen molar-refractivity contribution >= 4 is 11.6 Å². The molecule has 0 aliphatic rings. The van der Waals surface area contributed by atoms with Crippen LogP contribution < -0.4 is 20.5 Å². The van der Waals surface area contributed by atoms with Gasteiger partial charge in [0, 0.05) is 31.5 Å². The Bertz CT molecular complexity index is 640. The summed E-state index contributed by atoms with van der Waals surface area (Å²) in [6.45, 7) is 3.50. The van der Waals surface area contributed by atoms with Crippen molar-refractivity contribution in [2.24, 2.45) is 16.6 Å². The van der Waals surface area contributed by atoms with E-state index in [0.717, 1.165) is 6.54 Å². The Hall–Kier alpha value is -2.70. The zero-order chi connectivity index (χ0) is 16.7. The van der Waals surface area contributed by atoms with Gasteiger partial charge in [-0.3, -0.25) is 9.67 Å². The molecule has 7 heteroatoms. The molecule has 0 saturated heterocycles. The normalized spacial score (nSPS) is 12.7. The number of nitrogens with two attached hydrogens (primary N) is 1. The Morgan fingerprint density at radius 2 is 2.22 bits per heavy atom. The molecule has 23 heavy (non-hydrogen) atoms. The smallest absolute Gasteiger partial charge is 0.193 e. The van der Waals surface area contributed by atoms with Crippen molar-refractivity contribution in [3.8, 4) is 11.5 Å². The second-order valence-electron chi connectivity index (χ2n) is 5.25. The molecule has 0 saturated carbocycles. The average Bonchev–Trinajstić information content (AvgIpc) is 3.05. The first-order valence-electron chi connectivity index (χ1n) is 7.38. The fourth-order valence-electron chi connectivity index (χ4n) is 2.13. The van der Waals surface area contributed by atoms with E-state index in [1.165, 1.54) is 0 Å². The second-order valence-corrected chi connectivity index (χ2v) is 5.25. The summed E-state index contributed by atoms with van der Waals surface area (Å²) in [6, 6.07) is 7.35. The maximum atomic E-state index is 5.96. The molecule has 0 fully saturated rings. The highest BCUT2D eigenvalue weighted by molar-refractivity contribution is 5.94. The molecule has 0 aliphatic heterocycles. The number of ether oxygens (including phenoxy) is 2. The molecule has 2 aromatic rings. The third kappa shape index (κ3) is 4.91. The van der Waals surface area contributed by atoms with Crippen LogP contribution in [0.4, 0.5) is 5.69 Å². The number of guanidine groups is 1. The highest BCUT2D eigenvalue weighted by Gasteiger charge is 2.07. The van der Waals surface area contributed by atoms with Crippen LogP contribution in [-0.2, 0) is 6.54 Å². The van der Waals surface area contributed by atoms with Crippen molar-refractivity contribution in [3.63, 3.8) is 0 Å². The third-order valence-electron chi connectivity index (χ3n) is 3.30. The molecule has 124 valence electrons. The first kappa shape index (κ1) is 16.7. The standard InChI is InChI=1S/C16H23N5O2/c1-12(11-21-8-4-7-19-21)10-18-16(17)20-14-9-13(22-2)5-6-15(14)23-3/h4-9,12H,10-11H2,1-3H3,(H3,17,18,20). The predicted molar refractivity (Wildman–Crippen MR) is 91.0 cm³/mol. The van der Waals surface area contributed by atoms with Crippen LogP contribution in [0.3, 0.4) is 0 Å². The molecular weight excluding hydrogens is 294 g/mol. The molecule has 0 spiro atoms. The molecule has 1 aromatic heterocycles. The van der Waals surface area contributed by atoms with Gasteiger partial charge < -0.3 is 20.5 Å². The zero-order valence-electron chi connectivity index (χ0n) is 13.7. The lowest BCUT2D eigenvalue weighted by molar-refractivity contribution is 0.405. The number of nitrogens with zero attached hydrogens (tertiary/aromatic N) is 3. The van der Waals surface area contributed by atoms with Gasteiger partial charge in [0.1, 0.15) is 11.5 Å². The lowest BCUT2D eigenvalue weighted by atomic mass is 10.2. The highest BCUT2D eigenvalue weighted by Crippen LogP contribution is 2.28. The molecule has 0 aliphatic carbocycles. The first-order valence-corrected chi connectivity index (χ1v) is 7.38. The van der Waals surface area contributed by atoms with Crippen LogP contribution in [0.25, 0.3) is 0 Å². The minimum atomic E-state index is 0.322. The van der Waals surface area contributed by atoms with Gasteiger partial charge in [-0.05, 0) is 24.1 Å². The molecule has 7 nitrogen and oxygen atoms in total. The van der Waals surface area contributed by atoms with E-state index < -0.39 is 0 Å². The topological polar surface area (TPSA) is 86.7 Å². The van der Waals surface area contributed by atoms with Gasteiger partial charge >= 0.3 is 0 Å². The first-order chi connectivity index (χ1) is 11.1. The summed E-state index contributed by atoms with van der Waals surface area (Å²) >= 11 is 0. The molecular formula is C16H23N5O2. The van der Waals surface area contributed by atoms with E-state index in [4.69, 9.17) is 15.2 Å². The van der Waals surface area contributed by atoms with E-state index >= 15 is 0 Å². The number of hydrogen-bond donors (Lipinski definition) is 2. The Morgan fingerprint density at radius 3 is 2.87 bits per heavy atom. The minimum absolute atomic E-state index is 0.322. The molecule has 1 atom stereocenters. The number of hydrogen-bond acceptors (Lipinski definition) is 4. The van der Waals surface area contributed by atoms with Crippen molar-refractivity contribution in [2.75, 3.05) is 26.1 Å². The Morgan fingerprint density at radius 1 is 1.39 bits per heavy atom. The van der Waals surface area contributed by atoms with E-state index in [1.54, 1.807) is 20.4 Å². The van der Waals surface area contributed by atoms with E-state index in [2.05, 4.69) is 22.3 Å². The van der Waals surface area contributed by atoms with E-state index in [0.29, 0.717) is 35.6 Å². The van der Waals surface area contributed by atoms with Crippen LogP contribution in [0.15, 0.2) is 41.7 Å². The number of anilines is 1. The van der Waals surface area contributed by atoms with Gasteiger partial charge in [0.2, 0.25) is 0 Å². The second kappa shape index (κ2) is 8.07. The van der Waals surface area contributed by atoms with Gasteiger partial charge in [-0.25, -0.2) is 0 Å². The number of methoxy groups -OCH3 is 2. The summed E-state index contributed by atoms with van der Waals surface area (Å²) in [5.74, 6) is 2.05. The highest BCUT2D eigenvalue weighted by atomic mass is 16.5. The van der Waals surface area contributed by atoms with Crippen molar-refractivity contribution in [1.82, 2.24) is 9.78 Å². The van der Waals surface area contributed by atoms with Gasteiger partial charge in [0.05, 0.1) is 19.9 Å². The fraction of sp³-hybridized carbons (Fsp3) is 0.375. The molecule has 1 heterocycles. The monoisotopic (exact) mass is 317 g/mol. The Balaban J connectivity index is 1.96. The number of aliphatic imine (C=N–C) groups is 1. The molecule has 0 amide bonds. The van der Waals surface area contributed by atoms with E-state index in [9.17, 15) is 0 Å². The van der Waals surface area contributed by atoms with E-state index in [1.807, 2.05) is 35.1 Å². The Labute approximate surface area is 136 Å². The summed E-state index contributed by atoms with van der Waals surface area (Å²) in [5.41, 5.74) is 6.68. The average molecular weight is 317 g/mol. The summed E-state index contributed by atoms with van der Waals surface area (Å²) in [7, 11) is 3.21. The summed E-state index contributed by atoms with van der Waals surface area (Å²) in [6.07, 6.45) is 3.70. The predicted octanol–water partition coefficient (Wildman–Crippen LogP) is 1.96. The maximum Gasteiger partial charge on any atom is 0.193 e. The van der Waals surface area contributed by atoms with Gasteiger partial charge in [-0.1, -0.05) is 6.92 Å². The third-order valence-corrected chi connectivity index (χ3v) is 3.30. The summed E-state index contributed by atoms with van der Waals surface area (Å²) < 4.78 is 12.4. The SMILES string of the molecule is COc1ccc(OC)c(NC(N)=NCC(C)Cn2cccn2)c1. The summed E-state index contributed by atoms with van der Waals surface area (Å²) in [4.78, 5) is 4.38. The summed E-state index contributed by atoms with van der Waals surface area (Å²) in [5, 5.41) is 7.23. The van der Waals surface area contributed by atoms with E-state index in [-0.39, 0.29) is 0 Å². The number of rotatable bonds is 7. The van der Waals surface area contributed by atoms with Crippen molar-refractivity contribution in [3.05, 3.63) is 36.7 Å². The maximum absolute atomic E-state index is 5.96. The molecule has 1 unspecified atom stereocenters. The molecule has 0 radical (unpaired) electrons. The van der Waals surface area contributed by atoms with Crippen molar-refractivity contribution in [1.29, 1.82) is 0 Å². The number of nitrogens with one attached hydrogen (secondary N) is 1. The van der Waals surface area contributed by atoms with Gasteiger partial charge in [0.25, 0.3) is 0 Å². The molecule has 0 bridgehead atoms. The quantitative estimate of drug-likeness (QED) is 0.602. The van der Waals surface area contributed by atoms with Crippen LogP contribution in [0.5, 0.6) is 11.5 Å². The lowest BCUT2D eigenvalue weighted by Crippen LogP contribution is -2.24. The molecule has 1 aromatic carbocycles. The van der Waals surface area contributed by atoms with Crippen LogP contribution in [0, 0.1) is 5.92 Å². The van der Waals surface area contributed by atoms with Crippen LogP contribution in [-0.4, -0.2) is 36.5 Å². The largest absolute Gasteiger partial charge is 0.497 e. The van der Waals surface area contributed by atoms with Crippen molar-refractivity contribution in [2.45, 2.75) is 13.5 Å². The van der Waals surface area contributed by atoms with Gasteiger partial charge in [0.15, 0.2) is 5.96 Å². The van der Waals surface area contributed by atoms with Crippen LogP contribution >= 0.6 is 0 Å². The van der Waals surface area contributed by atoms with Crippen molar-refractivity contribution < 1.29 is 9.47 Å². The van der Waals surface area contributed by atoms with Crippen LogP contribution in [0.1, 0.15) is 6.92 Å². The zero-order valence-corrected chi connectivity index (χ0v) is 13.7. The minimum Gasteiger partial charge on any atom is -0.497 e. The van der Waals surface area contributed by atoms with Gasteiger partial charge in [-0.15, -0.1) is 0 Å². The fourth-order valence-corrected chi connectivity index (χ4v) is 2.13. The Kier molecular flexibility index (Phi) is 5.85.